The molecule has 0 saturated carbocycles. The maximum absolute atomic E-state index is 13.5. The topological polar surface area (TPSA) is 97.4 Å². The van der Waals surface area contributed by atoms with Gasteiger partial charge in [-0.25, -0.2) is 0 Å². The lowest BCUT2D eigenvalue weighted by molar-refractivity contribution is -0.150. The number of alkyl halides is 3. The summed E-state index contributed by atoms with van der Waals surface area (Å²) >= 11 is 0. The van der Waals surface area contributed by atoms with Gasteiger partial charge in [-0.1, -0.05) is 6.92 Å². The number of nitrogens with one attached hydrogen (secondary N) is 1. The number of halogens is 3. The van der Waals surface area contributed by atoms with Crippen LogP contribution in [0.2, 0.25) is 0 Å². The number of hydrogen-bond donors (Lipinski definition) is 1. The predicted octanol–water partition coefficient (Wildman–Crippen LogP) is 3.34. The second-order valence-electron chi connectivity index (χ2n) is 10.0. The number of methoxy groups -OCH3 is 1. The van der Waals surface area contributed by atoms with Gasteiger partial charge < -0.3 is 29.3 Å². The van der Waals surface area contributed by atoms with Crippen LogP contribution in [0.4, 0.5) is 18.9 Å². The van der Waals surface area contributed by atoms with Crippen LogP contribution in [0.15, 0.2) is 18.2 Å². The van der Waals surface area contributed by atoms with Crippen LogP contribution in [0.3, 0.4) is 0 Å². The van der Waals surface area contributed by atoms with Crippen LogP contribution in [0, 0.1) is 11.8 Å². The minimum atomic E-state index is -4.66. The van der Waals surface area contributed by atoms with Crippen LogP contribution >= 0.6 is 0 Å². The van der Waals surface area contributed by atoms with Crippen molar-refractivity contribution >= 4 is 23.4 Å². The van der Waals surface area contributed by atoms with Crippen LogP contribution < -0.4 is 10.1 Å². The van der Waals surface area contributed by atoms with Gasteiger partial charge in [0.25, 0.3) is 5.91 Å². The van der Waals surface area contributed by atoms with Gasteiger partial charge in [0.1, 0.15) is 18.8 Å². The Morgan fingerprint density at radius 2 is 1.84 bits per heavy atom. The quantitative estimate of drug-likeness (QED) is 0.626. The van der Waals surface area contributed by atoms with Crippen molar-refractivity contribution in [3.05, 3.63) is 23.8 Å². The first-order chi connectivity index (χ1) is 17.9. The van der Waals surface area contributed by atoms with Gasteiger partial charge in [-0.3, -0.25) is 14.4 Å². The van der Waals surface area contributed by atoms with E-state index in [4.69, 9.17) is 14.2 Å². The third-order valence-electron chi connectivity index (χ3n) is 6.94. The molecule has 0 spiro atoms. The number of nitrogens with zero attached hydrogens (tertiary/aromatic N) is 2. The number of likely N-dealkylation sites (N-methyl/N-ethyl adjacent to an activating group) is 1. The van der Waals surface area contributed by atoms with Crippen molar-refractivity contribution in [2.45, 2.75) is 51.4 Å². The summed E-state index contributed by atoms with van der Waals surface area (Å²) in [5.74, 6) is -1.72. The SMILES string of the molecule is CO[C@H]1CN(C)C(=O)c2cc(NC(=O)CC(F)(F)F)ccc2OC[C@H](C)N(C(=O)C2CCOCC2)C[C@@H]1C. The van der Waals surface area contributed by atoms with E-state index in [1.165, 1.54) is 23.1 Å². The maximum atomic E-state index is 13.5. The first kappa shape index (κ1) is 29.7. The number of benzene rings is 1. The molecule has 212 valence electrons. The highest BCUT2D eigenvalue weighted by Crippen LogP contribution is 2.28. The lowest BCUT2D eigenvalue weighted by Crippen LogP contribution is -2.50. The van der Waals surface area contributed by atoms with Gasteiger partial charge in [-0.2, -0.15) is 13.2 Å². The van der Waals surface area contributed by atoms with Crippen molar-refractivity contribution in [1.29, 1.82) is 0 Å². The molecule has 2 aliphatic heterocycles. The number of fused-ring (bicyclic) bond motifs is 1. The van der Waals surface area contributed by atoms with E-state index in [2.05, 4.69) is 5.32 Å². The summed E-state index contributed by atoms with van der Waals surface area (Å²) in [6.07, 6.45) is -5.40. The number of carbonyl (C=O) groups is 3. The van der Waals surface area contributed by atoms with Gasteiger partial charge in [-0.15, -0.1) is 0 Å². The molecule has 1 aromatic rings. The molecule has 3 amide bonds. The van der Waals surface area contributed by atoms with Crippen molar-refractivity contribution in [3.8, 4) is 5.75 Å². The second-order valence-corrected chi connectivity index (χ2v) is 10.0. The molecule has 2 heterocycles. The summed E-state index contributed by atoms with van der Waals surface area (Å²) in [6.45, 7) is 5.60. The summed E-state index contributed by atoms with van der Waals surface area (Å²) in [5, 5.41) is 2.19. The molecule has 3 atom stereocenters. The Kier molecular flexibility index (Phi) is 10.00. The van der Waals surface area contributed by atoms with Crippen LogP contribution in [0.25, 0.3) is 0 Å². The molecule has 38 heavy (non-hydrogen) atoms. The average molecular weight is 544 g/mol. The molecular weight excluding hydrogens is 507 g/mol. The molecule has 12 heteroatoms. The molecular formula is C26H36F3N3O6. The fourth-order valence-electron chi connectivity index (χ4n) is 4.73. The van der Waals surface area contributed by atoms with E-state index in [0.29, 0.717) is 32.6 Å². The second kappa shape index (κ2) is 12.8. The number of ether oxygens (including phenoxy) is 3. The molecule has 0 unspecified atom stereocenters. The van der Waals surface area contributed by atoms with Crippen LogP contribution in [0.1, 0.15) is 43.5 Å². The zero-order valence-electron chi connectivity index (χ0n) is 22.2. The standard InChI is InChI=1S/C26H36F3N3O6/c1-16-13-32(24(34)18-7-9-37-10-8-18)17(2)15-38-21-6-5-19(30-23(33)12-26(27,28)29)11-20(21)25(35)31(3)14-22(16)36-4/h5-6,11,16-18,22H,7-10,12-15H2,1-4H3,(H,30,33)/t16-,17-,22-/m0/s1. The fourth-order valence-corrected chi connectivity index (χ4v) is 4.73. The Bertz CT molecular complexity index is 999. The third kappa shape index (κ3) is 7.83. The summed E-state index contributed by atoms with van der Waals surface area (Å²) in [5.41, 5.74) is 0.117. The zero-order valence-corrected chi connectivity index (χ0v) is 22.2. The number of amides is 3. The first-order valence-corrected chi connectivity index (χ1v) is 12.7. The molecule has 0 radical (unpaired) electrons. The molecule has 0 bridgehead atoms. The van der Waals surface area contributed by atoms with E-state index < -0.39 is 24.4 Å². The van der Waals surface area contributed by atoms with Crippen molar-refractivity contribution in [2.75, 3.05) is 52.4 Å². The van der Waals surface area contributed by atoms with Crippen molar-refractivity contribution < 1.29 is 41.8 Å². The summed E-state index contributed by atoms with van der Waals surface area (Å²) in [4.78, 5) is 42.0. The van der Waals surface area contributed by atoms with Gasteiger partial charge in [0.2, 0.25) is 11.8 Å². The number of carbonyl (C=O) groups excluding carboxylic acids is 3. The Morgan fingerprint density at radius 3 is 2.47 bits per heavy atom. The lowest BCUT2D eigenvalue weighted by Gasteiger charge is -2.38. The Labute approximate surface area is 220 Å². The highest BCUT2D eigenvalue weighted by Gasteiger charge is 2.34. The van der Waals surface area contributed by atoms with E-state index in [9.17, 15) is 27.6 Å². The van der Waals surface area contributed by atoms with E-state index in [1.54, 1.807) is 14.2 Å². The molecule has 0 aromatic heterocycles. The largest absolute Gasteiger partial charge is 0.491 e. The molecule has 2 aliphatic rings. The summed E-state index contributed by atoms with van der Waals surface area (Å²) in [6, 6.07) is 3.78. The fraction of sp³-hybridized carbons (Fsp3) is 0.654. The smallest absolute Gasteiger partial charge is 0.397 e. The Balaban J connectivity index is 1.91. The summed E-state index contributed by atoms with van der Waals surface area (Å²) in [7, 11) is 3.13. The van der Waals surface area contributed by atoms with E-state index >= 15 is 0 Å². The van der Waals surface area contributed by atoms with Crippen LogP contribution in [-0.2, 0) is 19.1 Å². The monoisotopic (exact) mass is 543 g/mol. The molecule has 9 nitrogen and oxygen atoms in total. The van der Waals surface area contributed by atoms with E-state index in [-0.39, 0.29) is 60.0 Å². The summed E-state index contributed by atoms with van der Waals surface area (Å²) < 4.78 is 54.9. The van der Waals surface area contributed by atoms with Crippen molar-refractivity contribution in [3.63, 3.8) is 0 Å². The molecule has 0 aliphatic carbocycles. The van der Waals surface area contributed by atoms with E-state index in [1.807, 2.05) is 18.7 Å². The van der Waals surface area contributed by atoms with Gasteiger partial charge in [0.15, 0.2) is 0 Å². The number of hydrogen-bond acceptors (Lipinski definition) is 6. The number of anilines is 1. The van der Waals surface area contributed by atoms with E-state index in [0.717, 1.165) is 0 Å². The molecule has 1 saturated heterocycles. The Hall–Kier alpha value is -2.86. The van der Waals surface area contributed by atoms with Crippen LogP contribution in [-0.4, -0.2) is 92.9 Å². The number of rotatable bonds is 4. The minimum absolute atomic E-state index is 0.0236. The van der Waals surface area contributed by atoms with Gasteiger partial charge in [0.05, 0.1) is 17.7 Å². The molecule has 1 fully saturated rings. The minimum Gasteiger partial charge on any atom is -0.491 e. The van der Waals surface area contributed by atoms with Crippen molar-refractivity contribution in [2.24, 2.45) is 11.8 Å². The maximum Gasteiger partial charge on any atom is 0.397 e. The molecule has 1 N–H and O–H groups in total. The highest BCUT2D eigenvalue weighted by molar-refractivity contribution is 5.99. The zero-order chi connectivity index (χ0) is 28.0. The van der Waals surface area contributed by atoms with Gasteiger partial charge >= 0.3 is 6.18 Å². The van der Waals surface area contributed by atoms with Crippen molar-refractivity contribution in [1.82, 2.24) is 9.80 Å². The normalized spacial score (nSPS) is 24.1. The highest BCUT2D eigenvalue weighted by atomic mass is 19.4. The van der Waals surface area contributed by atoms with Gasteiger partial charge in [0, 0.05) is 58.0 Å². The molecule has 1 aromatic carbocycles. The Morgan fingerprint density at radius 1 is 1.16 bits per heavy atom. The van der Waals surface area contributed by atoms with Crippen LogP contribution in [0.5, 0.6) is 5.75 Å². The molecule has 3 rings (SSSR count). The average Bonchev–Trinajstić information content (AvgIpc) is 2.87. The predicted molar refractivity (Wildman–Crippen MR) is 133 cm³/mol. The third-order valence-corrected chi connectivity index (χ3v) is 6.94. The first-order valence-electron chi connectivity index (χ1n) is 12.7. The lowest BCUT2D eigenvalue weighted by atomic mass is 9.95. The van der Waals surface area contributed by atoms with Gasteiger partial charge in [-0.05, 0) is 38.0 Å².